The van der Waals surface area contributed by atoms with Crippen molar-refractivity contribution < 1.29 is 29.4 Å². The quantitative estimate of drug-likeness (QED) is 0.452. The molecule has 3 N–H and O–H groups in total. The van der Waals surface area contributed by atoms with E-state index in [4.69, 9.17) is 9.47 Å². The van der Waals surface area contributed by atoms with Crippen LogP contribution < -0.4 is 14.5 Å². The highest BCUT2D eigenvalue weighted by Crippen LogP contribution is 2.63. The van der Waals surface area contributed by atoms with Gasteiger partial charge in [-0.3, -0.25) is 0 Å². The van der Waals surface area contributed by atoms with E-state index in [2.05, 4.69) is 25.1 Å². The predicted octanol–water partition coefficient (Wildman–Crippen LogP) is 0.434. The number of quaternary nitrogens is 1. The molecule has 1 saturated heterocycles. The summed E-state index contributed by atoms with van der Waals surface area (Å²) < 4.78 is 10.7. The van der Waals surface area contributed by atoms with E-state index in [9.17, 15) is 15.0 Å². The van der Waals surface area contributed by atoms with Crippen LogP contribution in [0.2, 0.25) is 0 Å². The first-order valence-electron chi connectivity index (χ1n) is 11.8. The van der Waals surface area contributed by atoms with Gasteiger partial charge < -0.3 is 29.5 Å². The normalized spacial score (nSPS) is 41.1. The first-order chi connectivity index (χ1) is 15.3. The van der Waals surface area contributed by atoms with Crippen LogP contribution in [-0.4, -0.2) is 74.3 Å². The summed E-state index contributed by atoms with van der Waals surface area (Å²) in [6.45, 7) is 3.96. The molecule has 5 rings (SSSR count). The van der Waals surface area contributed by atoms with E-state index in [1.165, 1.54) is 12.0 Å². The molecular weight excluding hydrogens is 408 g/mol. The Labute approximate surface area is 189 Å². The van der Waals surface area contributed by atoms with Gasteiger partial charge in [0.15, 0.2) is 0 Å². The van der Waals surface area contributed by atoms with Crippen LogP contribution in [0, 0.1) is 5.41 Å². The molecule has 32 heavy (non-hydrogen) atoms. The van der Waals surface area contributed by atoms with Gasteiger partial charge in [0.05, 0.1) is 44.2 Å². The van der Waals surface area contributed by atoms with Crippen molar-refractivity contribution in [3.8, 4) is 5.75 Å². The summed E-state index contributed by atoms with van der Waals surface area (Å²) in [5.41, 5.74) is -1.16. The number of esters is 1. The van der Waals surface area contributed by atoms with Gasteiger partial charge in [-0.05, 0) is 24.1 Å². The molecule has 1 aromatic carbocycles. The number of benzene rings is 1. The smallest absolute Gasteiger partial charge is 0.342 e. The summed E-state index contributed by atoms with van der Waals surface area (Å²) in [5, 5.41) is 24.2. The third-order valence-corrected chi connectivity index (χ3v) is 8.91. The van der Waals surface area contributed by atoms with Crippen LogP contribution in [-0.2, 0) is 14.9 Å². The number of hydrogen-bond acceptors (Lipinski definition) is 6. The summed E-state index contributed by atoms with van der Waals surface area (Å²) in [4.78, 5) is 16.7. The van der Waals surface area contributed by atoms with E-state index in [0.717, 1.165) is 55.8 Å². The SMILES string of the molecule is CCCC[C@@]12C=CC[NH+]3CC[C@@]4(c5ccc(OC)cc5N(C)[C@@H]4[C@](O)(C(=O)OC)[C@@H]1O)[C@@H]32. The molecule has 7 atom stereocenters. The molecule has 1 aliphatic carbocycles. The molecule has 3 heterocycles. The number of methoxy groups -OCH3 is 2. The molecule has 7 heteroatoms. The van der Waals surface area contributed by atoms with Gasteiger partial charge in [-0.2, -0.15) is 0 Å². The number of ether oxygens (including phenoxy) is 2. The lowest BCUT2D eigenvalue weighted by molar-refractivity contribution is -0.920. The Balaban J connectivity index is 1.82. The number of rotatable bonds is 5. The molecule has 2 fully saturated rings. The van der Waals surface area contributed by atoms with Crippen LogP contribution in [0.3, 0.4) is 0 Å². The minimum Gasteiger partial charge on any atom is -0.497 e. The van der Waals surface area contributed by atoms with Crippen LogP contribution in [0.1, 0.15) is 38.2 Å². The average Bonchev–Trinajstić information content (AvgIpc) is 3.32. The lowest BCUT2D eigenvalue weighted by Crippen LogP contribution is -3.18. The third kappa shape index (κ3) is 2.34. The van der Waals surface area contributed by atoms with Crippen molar-refractivity contribution in [2.45, 2.75) is 61.8 Å². The number of fused-ring (bicyclic) bond motifs is 1. The van der Waals surface area contributed by atoms with Gasteiger partial charge in [0.1, 0.15) is 17.9 Å². The van der Waals surface area contributed by atoms with E-state index in [1.54, 1.807) is 7.11 Å². The summed E-state index contributed by atoms with van der Waals surface area (Å²) in [7, 11) is 4.84. The largest absolute Gasteiger partial charge is 0.497 e. The third-order valence-electron chi connectivity index (χ3n) is 8.91. The number of carbonyl (C=O) groups is 1. The van der Waals surface area contributed by atoms with E-state index < -0.39 is 34.5 Å². The number of nitrogens with one attached hydrogen (secondary N) is 1. The molecule has 174 valence electrons. The van der Waals surface area contributed by atoms with Gasteiger partial charge in [0.2, 0.25) is 5.60 Å². The van der Waals surface area contributed by atoms with E-state index in [0.29, 0.717) is 0 Å². The van der Waals surface area contributed by atoms with Gasteiger partial charge >= 0.3 is 5.97 Å². The van der Waals surface area contributed by atoms with Crippen LogP contribution in [0.25, 0.3) is 0 Å². The second kappa shape index (κ2) is 7.20. The van der Waals surface area contributed by atoms with Crippen molar-refractivity contribution in [3.63, 3.8) is 0 Å². The lowest BCUT2D eigenvalue weighted by Gasteiger charge is -2.61. The molecule has 1 spiro atoms. The Bertz CT molecular complexity index is 966. The highest BCUT2D eigenvalue weighted by atomic mass is 16.5. The number of aliphatic hydroxyl groups is 2. The van der Waals surface area contributed by atoms with Crippen molar-refractivity contribution >= 4 is 11.7 Å². The molecule has 0 bridgehead atoms. The van der Waals surface area contributed by atoms with Crippen molar-refractivity contribution in [1.82, 2.24) is 0 Å². The molecule has 0 amide bonds. The molecule has 0 aromatic heterocycles. The number of carbonyl (C=O) groups excluding carboxylic acids is 1. The highest BCUT2D eigenvalue weighted by molar-refractivity contribution is 5.86. The second-order valence-electron chi connectivity index (χ2n) is 10.1. The number of anilines is 1. The monoisotopic (exact) mass is 443 g/mol. The van der Waals surface area contributed by atoms with Crippen LogP contribution >= 0.6 is 0 Å². The standard InChI is InChI=1S/C25H34N2O5/c1-5-6-10-23-11-7-13-27-14-12-24(19(23)27)17-9-8-16(31-3)15-18(17)26(2)20(24)25(30,21(23)28)22(29)32-4/h7-9,11,15,19-21,28,30H,5-6,10,12-14H2,1-4H3/p+1/t19-,20-,21+,23-,24+,25+/m0/s1. The molecule has 1 aromatic rings. The van der Waals surface area contributed by atoms with Crippen molar-refractivity contribution in [2.24, 2.45) is 5.41 Å². The first-order valence-corrected chi connectivity index (χ1v) is 11.8. The Morgan fingerprint density at radius 3 is 2.81 bits per heavy atom. The van der Waals surface area contributed by atoms with Crippen molar-refractivity contribution in [3.05, 3.63) is 35.9 Å². The van der Waals surface area contributed by atoms with Crippen LogP contribution in [0.5, 0.6) is 5.75 Å². The maximum absolute atomic E-state index is 13.3. The minimum atomic E-state index is -2.06. The number of aliphatic hydroxyl groups excluding tert-OH is 1. The zero-order chi connectivity index (χ0) is 22.9. The second-order valence-corrected chi connectivity index (χ2v) is 10.1. The molecular formula is C25H35N2O5+. The summed E-state index contributed by atoms with van der Waals surface area (Å²) in [6, 6.07) is 5.50. The molecule has 7 nitrogen and oxygen atoms in total. The molecule has 1 saturated carbocycles. The zero-order valence-corrected chi connectivity index (χ0v) is 19.4. The van der Waals surface area contributed by atoms with E-state index in [1.807, 2.05) is 24.1 Å². The summed E-state index contributed by atoms with van der Waals surface area (Å²) in [5.74, 6) is -0.0291. The van der Waals surface area contributed by atoms with Gasteiger partial charge in [-0.1, -0.05) is 31.9 Å². The molecule has 0 radical (unpaired) electrons. The first kappa shape index (κ1) is 21.7. The number of hydrogen-bond donors (Lipinski definition) is 3. The maximum atomic E-state index is 13.3. The zero-order valence-electron chi connectivity index (χ0n) is 19.4. The lowest BCUT2D eigenvalue weighted by atomic mass is 9.47. The Morgan fingerprint density at radius 2 is 2.12 bits per heavy atom. The summed E-state index contributed by atoms with van der Waals surface area (Å²) in [6.07, 6.45) is 6.43. The van der Waals surface area contributed by atoms with Crippen molar-refractivity contribution in [2.75, 3.05) is 39.3 Å². The predicted molar refractivity (Wildman–Crippen MR) is 120 cm³/mol. The molecule has 3 aliphatic heterocycles. The topological polar surface area (TPSA) is 83.7 Å². The number of nitrogens with zero attached hydrogens (tertiary/aromatic N) is 1. The maximum Gasteiger partial charge on any atom is 0.342 e. The fraction of sp³-hybridized carbons (Fsp3) is 0.640. The number of unbranched alkanes of at least 4 members (excludes halogenated alkanes) is 1. The van der Waals surface area contributed by atoms with Gasteiger partial charge in [-0.15, -0.1) is 0 Å². The van der Waals surface area contributed by atoms with Gasteiger partial charge in [0.25, 0.3) is 0 Å². The van der Waals surface area contributed by atoms with Crippen LogP contribution in [0.15, 0.2) is 30.4 Å². The Kier molecular flexibility index (Phi) is 4.89. The minimum absolute atomic E-state index is 0.0635. The van der Waals surface area contributed by atoms with Crippen LogP contribution in [0.4, 0.5) is 5.69 Å². The van der Waals surface area contributed by atoms with E-state index >= 15 is 0 Å². The number of likely N-dealkylation sites (N-methyl/N-ethyl adjacent to an activating group) is 1. The summed E-state index contributed by atoms with van der Waals surface area (Å²) >= 11 is 0. The average molecular weight is 444 g/mol. The van der Waals surface area contributed by atoms with Gasteiger partial charge in [-0.25, -0.2) is 4.79 Å². The molecule has 4 aliphatic rings. The molecule has 1 unspecified atom stereocenters. The Morgan fingerprint density at radius 1 is 1.34 bits per heavy atom. The fourth-order valence-electron chi connectivity index (χ4n) is 7.90. The Hall–Kier alpha value is -2.09. The van der Waals surface area contributed by atoms with Gasteiger partial charge in [0, 0.05) is 25.2 Å². The van der Waals surface area contributed by atoms with E-state index in [-0.39, 0.29) is 6.04 Å². The highest BCUT2D eigenvalue weighted by Gasteiger charge is 2.81. The van der Waals surface area contributed by atoms with Crippen molar-refractivity contribution in [1.29, 1.82) is 0 Å². The fourth-order valence-corrected chi connectivity index (χ4v) is 7.90.